The molecule has 2 rings (SSSR count). The van der Waals surface area contributed by atoms with E-state index in [1.54, 1.807) is 7.05 Å². The average molecular weight is 293 g/mol. The molecule has 1 atom stereocenters. The van der Waals surface area contributed by atoms with E-state index in [4.69, 9.17) is 5.11 Å². The van der Waals surface area contributed by atoms with Crippen LogP contribution < -0.4 is 0 Å². The second-order valence-electron chi connectivity index (χ2n) is 4.28. The van der Waals surface area contributed by atoms with Crippen LogP contribution in [0.25, 0.3) is 0 Å². The molecule has 112 valence electrons. The van der Waals surface area contributed by atoms with Gasteiger partial charge in [0.25, 0.3) is 0 Å². The molecule has 0 aliphatic carbocycles. The summed E-state index contributed by atoms with van der Waals surface area (Å²) in [5.41, 5.74) is -0.729. The van der Waals surface area contributed by atoms with E-state index in [1.165, 1.54) is 11.9 Å². The van der Waals surface area contributed by atoms with Crippen molar-refractivity contribution in [2.45, 2.75) is 12.6 Å². The molecule has 0 saturated carbocycles. The van der Waals surface area contributed by atoms with Gasteiger partial charge in [-0.15, -0.1) is 0 Å². The smallest absolute Gasteiger partial charge is 0.433 e. The van der Waals surface area contributed by atoms with Gasteiger partial charge in [-0.3, -0.25) is 14.3 Å². The topological polar surface area (TPSA) is 75.4 Å². The molecule has 20 heavy (non-hydrogen) atoms. The van der Waals surface area contributed by atoms with Gasteiger partial charge in [-0.1, -0.05) is 0 Å². The number of nitrogens with zero attached hydrogens (tertiary/aromatic N) is 3. The molecule has 1 aliphatic heterocycles. The van der Waals surface area contributed by atoms with Gasteiger partial charge in [0.15, 0.2) is 0 Å². The summed E-state index contributed by atoms with van der Waals surface area (Å²) < 4.78 is 36.3. The lowest BCUT2D eigenvalue weighted by Gasteiger charge is -2.05. The van der Waals surface area contributed by atoms with Crippen molar-refractivity contribution in [3.63, 3.8) is 0 Å². The molecule has 0 aromatic carbocycles. The Balaban J connectivity index is 0.000000200. The number of aromatic nitrogens is 2. The van der Waals surface area contributed by atoms with Crippen molar-refractivity contribution in [1.29, 1.82) is 0 Å². The van der Waals surface area contributed by atoms with Gasteiger partial charge in [0, 0.05) is 26.8 Å². The van der Waals surface area contributed by atoms with E-state index < -0.39 is 23.8 Å². The Morgan fingerprint density at radius 2 is 2.05 bits per heavy atom. The lowest BCUT2D eigenvalue weighted by Crippen LogP contribution is -2.26. The van der Waals surface area contributed by atoms with Crippen molar-refractivity contribution >= 4 is 11.9 Å². The van der Waals surface area contributed by atoms with Gasteiger partial charge < -0.3 is 10.0 Å². The third-order valence-electron chi connectivity index (χ3n) is 2.84. The molecule has 1 aromatic heterocycles. The first kappa shape index (κ1) is 16.0. The van der Waals surface area contributed by atoms with Crippen LogP contribution in [0.3, 0.4) is 0 Å². The van der Waals surface area contributed by atoms with Crippen LogP contribution in [0.5, 0.6) is 0 Å². The van der Waals surface area contributed by atoms with Crippen LogP contribution in [0.1, 0.15) is 12.1 Å². The van der Waals surface area contributed by atoms with Crippen molar-refractivity contribution in [1.82, 2.24) is 14.7 Å². The Kier molecular flexibility index (Phi) is 4.74. The van der Waals surface area contributed by atoms with Crippen LogP contribution in [0.4, 0.5) is 13.2 Å². The summed E-state index contributed by atoms with van der Waals surface area (Å²) >= 11 is 0. The molecule has 0 spiro atoms. The van der Waals surface area contributed by atoms with Gasteiger partial charge in [-0.05, 0) is 12.5 Å². The highest BCUT2D eigenvalue weighted by Gasteiger charge is 2.34. The number of carboxylic acids is 1. The number of carbonyl (C=O) groups is 2. The third-order valence-corrected chi connectivity index (χ3v) is 2.84. The molecule has 1 amide bonds. The molecule has 1 aliphatic rings. The van der Waals surface area contributed by atoms with Crippen LogP contribution in [-0.4, -0.2) is 45.3 Å². The number of halogens is 3. The highest BCUT2D eigenvalue weighted by molar-refractivity contribution is 5.98. The molecule has 1 saturated heterocycles. The summed E-state index contributed by atoms with van der Waals surface area (Å²) in [7, 11) is 2.87. The Hall–Kier alpha value is -2.06. The first-order valence-electron chi connectivity index (χ1n) is 5.67. The molecule has 1 N–H and O–H groups in total. The largest absolute Gasteiger partial charge is 0.481 e. The van der Waals surface area contributed by atoms with Gasteiger partial charge in [0.1, 0.15) is 11.6 Å². The third kappa shape index (κ3) is 3.72. The maximum absolute atomic E-state index is 11.8. The molecule has 1 aromatic rings. The number of alkyl halides is 3. The first-order valence-corrected chi connectivity index (χ1v) is 5.67. The Labute approximate surface area is 112 Å². The van der Waals surface area contributed by atoms with Crippen LogP contribution in [0, 0.1) is 5.92 Å². The van der Waals surface area contributed by atoms with E-state index >= 15 is 0 Å². The van der Waals surface area contributed by atoms with E-state index in [0.717, 1.165) is 16.9 Å². The normalized spacial score (nSPS) is 18.8. The summed E-state index contributed by atoms with van der Waals surface area (Å²) in [5.74, 6) is -2.06. The highest BCUT2D eigenvalue weighted by Crippen LogP contribution is 2.27. The fourth-order valence-corrected chi connectivity index (χ4v) is 1.70. The minimum absolute atomic E-state index is 0.271. The standard InChI is InChI=1S/C6H9NO3.C5H5F3N2/c1-7-3-2-4(5(7)8)6(9)10;1-10-4(2-3-9-10)5(6,7)8/h4H,2-3H2,1H3,(H,9,10);2-3H,1H3. The SMILES string of the molecule is CN1CCC(C(=O)O)C1=O.Cn1nccc1C(F)(F)F. The molecule has 0 radical (unpaired) electrons. The van der Waals surface area contributed by atoms with E-state index in [9.17, 15) is 22.8 Å². The summed E-state index contributed by atoms with van der Waals surface area (Å²) in [6.45, 7) is 0.565. The van der Waals surface area contributed by atoms with Crippen LogP contribution in [0.15, 0.2) is 12.3 Å². The fraction of sp³-hybridized carbons (Fsp3) is 0.545. The maximum Gasteiger partial charge on any atom is 0.433 e. The average Bonchev–Trinajstić information content (AvgIpc) is 2.87. The monoisotopic (exact) mass is 293 g/mol. The predicted molar refractivity (Wildman–Crippen MR) is 61.6 cm³/mol. The quantitative estimate of drug-likeness (QED) is 0.783. The van der Waals surface area contributed by atoms with Crippen LogP contribution in [-0.2, 0) is 22.8 Å². The summed E-state index contributed by atoms with van der Waals surface area (Å²) in [6.07, 6.45) is -2.72. The highest BCUT2D eigenvalue weighted by atomic mass is 19.4. The number of hydrogen-bond donors (Lipinski definition) is 1. The fourth-order valence-electron chi connectivity index (χ4n) is 1.70. The molecular formula is C11H14F3N3O3. The lowest BCUT2D eigenvalue weighted by atomic mass is 10.1. The van der Waals surface area contributed by atoms with Crippen molar-refractivity contribution in [3.8, 4) is 0 Å². The van der Waals surface area contributed by atoms with E-state index in [2.05, 4.69) is 5.10 Å². The van der Waals surface area contributed by atoms with Crippen molar-refractivity contribution in [2.75, 3.05) is 13.6 Å². The van der Waals surface area contributed by atoms with Crippen LogP contribution in [0.2, 0.25) is 0 Å². The first-order chi connectivity index (χ1) is 9.14. The zero-order valence-electron chi connectivity index (χ0n) is 10.9. The Morgan fingerprint density at radius 1 is 1.45 bits per heavy atom. The van der Waals surface area contributed by atoms with Gasteiger partial charge in [0.2, 0.25) is 5.91 Å². The second kappa shape index (κ2) is 5.93. The molecule has 9 heteroatoms. The van der Waals surface area contributed by atoms with Crippen molar-refractivity contribution in [2.24, 2.45) is 13.0 Å². The van der Waals surface area contributed by atoms with Gasteiger partial charge >= 0.3 is 12.1 Å². The Bertz CT molecular complexity index is 499. The number of hydrogen-bond acceptors (Lipinski definition) is 3. The minimum atomic E-state index is -4.29. The molecule has 0 bridgehead atoms. The number of aryl methyl sites for hydroxylation is 1. The number of likely N-dealkylation sites (tertiary alicyclic amines) is 1. The molecule has 2 heterocycles. The minimum Gasteiger partial charge on any atom is -0.481 e. The number of carboxylic acid groups (broad SMARTS) is 1. The summed E-state index contributed by atoms with van der Waals surface area (Å²) in [4.78, 5) is 22.6. The predicted octanol–water partition coefficient (Wildman–Crippen LogP) is 0.988. The van der Waals surface area contributed by atoms with Crippen molar-refractivity contribution in [3.05, 3.63) is 18.0 Å². The van der Waals surface area contributed by atoms with Crippen molar-refractivity contribution < 1.29 is 27.9 Å². The van der Waals surface area contributed by atoms with Gasteiger partial charge in [-0.25, -0.2) is 0 Å². The molecule has 1 fully saturated rings. The maximum atomic E-state index is 11.8. The molecule has 1 unspecified atom stereocenters. The van der Waals surface area contributed by atoms with E-state index in [-0.39, 0.29) is 5.91 Å². The molecule has 6 nitrogen and oxygen atoms in total. The summed E-state index contributed by atoms with van der Waals surface area (Å²) in [5, 5.41) is 11.8. The zero-order chi connectivity index (χ0) is 15.5. The van der Waals surface area contributed by atoms with Crippen LogP contribution >= 0.6 is 0 Å². The number of rotatable bonds is 1. The number of aliphatic carboxylic acids is 1. The second-order valence-corrected chi connectivity index (χ2v) is 4.28. The summed E-state index contributed by atoms with van der Waals surface area (Å²) in [6, 6.07) is 0.931. The molecular weight excluding hydrogens is 279 g/mol. The van der Waals surface area contributed by atoms with E-state index in [0.29, 0.717) is 13.0 Å². The lowest BCUT2D eigenvalue weighted by molar-refractivity contribution is -0.147. The number of carbonyl (C=O) groups excluding carboxylic acids is 1. The zero-order valence-corrected chi connectivity index (χ0v) is 10.9. The Morgan fingerprint density at radius 3 is 2.25 bits per heavy atom. The van der Waals surface area contributed by atoms with Gasteiger partial charge in [0.05, 0.1) is 0 Å². The number of amides is 1. The van der Waals surface area contributed by atoms with Gasteiger partial charge in [-0.2, -0.15) is 18.3 Å². The van der Waals surface area contributed by atoms with E-state index in [1.807, 2.05) is 0 Å².